The number of aryl methyl sites for hydroxylation is 1. The van der Waals surface area contributed by atoms with Crippen molar-refractivity contribution in [3.05, 3.63) is 95.4 Å². The largest absolute Gasteiger partial charge is 0.467 e. The van der Waals surface area contributed by atoms with Gasteiger partial charge in [-0.1, -0.05) is 60.2 Å². The Morgan fingerprint density at radius 1 is 1.14 bits per heavy atom. The molecule has 0 aliphatic carbocycles. The highest BCUT2D eigenvalue weighted by atomic mass is 16.3. The lowest BCUT2D eigenvalue weighted by molar-refractivity contribution is -0.683. The van der Waals surface area contributed by atoms with Crippen molar-refractivity contribution in [1.82, 2.24) is 5.01 Å². The zero-order valence-electron chi connectivity index (χ0n) is 16.8. The molecule has 0 saturated heterocycles. The van der Waals surface area contributed by atoms with Gasteiger partial charge in [0, 0.05) is 12.0 Å². The fourth-order valence-corrected chi connectivity index (χ4v) is 3.63. The zero-order valence-corrected chi connectivity index (χ0v) is 16.8. The highest BCUT2D eigenvalue weighted by Crippen LogP contribution is 2.32. The van der Waals surface area contributed by atoms with Crippen molar-refractivity contribution in [3.8, 4) is 0 Å². The lowest BCUT2D eigenvalue weighted by Gasteiger charge is -2.20. The van der Waals surface area contributed by atoms with Crippen LogP contribution in [-0.2, 0) is 4.79 Å². The third-order valence-electron chi connectivity index (χ3n) is 5.39. The number of benzene rings is 2. The summed E-state index contributed by atoms with van der Waals surface area (Å²) in [6.07, 6.45) is 2.29. The number of amides is 1. The third kappa shape index (κ3) is 4.30. The molecule has 1 aromatic heterocycles. The third-order valence-corrected chi connectivity index (χ3v) is 5.39. The van der Waals surface area contributed by atoms with Crippen LogP contribution in [0.2, 0.25) is 0 Å². The summed E-state index contributed by atoms with van der Waals surface area (Å²) in [6, 6.07) is 22.2. The van der Waals surface area contributed by atoms with Crippen molar-refractivity contribution in [3.63, 3.8) is 0 Å². The number of hydrogen-bond donors (Lipinski definition) is 1. The number of furan rings is 1. The van der Waals surface area contributed by atoms with E-state index in [0.29, 0.717) is 13.0 Å². The minimum Gasteiger partial charge on any atom is -0.467 e. The van der Waals surface area contributed by atoms with Gasteiger partial charge in [0.2, 0.25) is 0 Å². The number of quaternary nitrogens is 1. The summed E-state index contributed by atoms with van der Waals surface area (Å²) in [5.74, 6) is 0.747. The maximum atomic E-state index is 13.1. The van der Waals surface area contributed by atoms with Gasteiger partial charge in [-0.25, -0.2) is 5.01 Å². The molecule has 2 N–H and O–H groups in total. The molecule has 0 spiro atoms. The van der Waals surface area contributed by atoms with Crippen LogP contribution in [0, 0.1) is 6.92 Å². The molecule has 0 bridgehead atoms. The summed E-state index contributed by atoms with van der Waals surface area (Å²) in [7, 11) is 0. The van der Waals surface area contributed by atoms with Crippen LogP contribution < -0.4 is 5.32 Å². The summed E-state index contributed by atoms with van der Waals surface area (Å²) in [5, 5.41) is 8.35. The first-order valence-corrected chi connectivity index (χ1v) is 10.00. The summed E-state index contributed by atoms with van der Waals surface area (Å²) >= 11 is 0. The second kappa shape index (κ2) is 8.45. The Balaban J connectivity index is 1.51. The van der Waals surface area contributed by atoms with E-state index in [9.17, 15) is 4.79 Å². The number of hydrogen-bond acceptors (Lipinski definition) is 3. The second-order valence-corrected chi connectivity index (χ2v) is 7.53. The molecule has 2 atom stereocenters. The number of rotatable bonds is 6. The Labute approximate surface area is 171 Å². The standard InChI is InChI=1S/C24H25N3O2/c1-17-10-12-20(13-11-17)21-15-22(23-9-6-14-29-23)27(26-21)24(28)16-25-18(2)19-7-4-3-5-8-19/h3-14,18,22,25H,15-16H2,1-2H3/p+1/t18-,22-/m0/s1. The lowest BCUT2D eigenvalue weighted by atomic mass is 10.0. The Hall–Kier alpha value is -3.18. The number of hydrazone groups is 1. The first-order chi connectivity index (χ1) is 14.1. The predicted molar refractivity (Wildman–Crippen MR) is 112 cm³/mol. The smallest absolute Gasteiger partial charge is 0.298 e. The average molecular weight is 388 g/mol. The zero-order chi connectivity index (χ0) is 20.2. The number of nitrogens with zero attached hydrogens (tertiary/aromatic N) is 2. The first kappa shape index (κ1) is 19.2. The fraction of sp³-hybridized carbons (Fsp3) is 0.250. The quantitative estimate of drug-likeness (QED) is 0.701. The molecule has 0 unspecified atom stereocenters. The molecule has 0 radical (unpaired) electrons. The van der Waals surface area contributed by atoms with E-state index in [1.165, 1.54) is 11.1 Å². The van der Waals surface area contributed by atoms with Crippen LogP contribution in [0.15, 0.2) is 82.5 Å². The van der Waals surface area contributed by atoms with Crippen molar-refractivity contribution in [2.75, 3.05) is 6.54 Å². The van der Waals surface area contributed by atoms with Gasteiger partial charge >= 0.3 is 0 Å². The van der Waals surface area contributed by atoms with Crippen LogP contribution in [0.5, 0.6) is 0 Å². The van der Waals surface area contributed by atoms with Crippen LogP contribution >= 0.6 is 0 Å². The molecule has 1 amide bonds. The molecule has 3 aromatic rings. The molecule has 5 heteroatoms. The SMILES string of the molecule is Cc1ccc(C2=NN(C(=O)C[NH2+][C@@H](C)c3ccccc3)[C@H](c3ccco3)C2)cc1. The highest BCUT2D eigenvalue weighted by molar-refractivity contribution is 6.03. The van der Waals surface area contributed by atoms with Crippen LogP contribution in [0.4, 0.5) is 0 Å². The van der Waals surface area contributed by atoms with Crippen LogP contribution in [-0.4, -0.2) is 23.2 Å². The highest BCUT2D eigenvalue weighted by Gasteiger charge is 2.35. The fourth-order valence-electron chi connectivity index (χ4n) is 3.63. The topological polar surface area (TPSA) is 62.4 Å². The molecule has 148 valence electrons. The van der Waals surface area contributed by atoms with Gasteiger partial charge in [0.25, 0.3) is 5.91 Å². The molecular weight excluding hydrogens is 362 g/mol. The Morgan fingerprint density at radius 3 is 2.59 bits per heavy atom. The van der Waals surface area contributed by atoms with Crippen LogP contribution in [0.3, 0.4) is 0 Å². The Bertz CT molecular complexity index is 979. The Kier molecular flexibility index (Phi) is 5.58. The molecule has 4 rings (SSSR count). The van der Waals surface area contributed by atoms with Crippen LogP contribution in [0.1, 0.15) is 47.9 Å². The number of nitrogens with two attached hydrogens (primary N) is 1. The molecule has 1 aliphatic rings. The molecule has 2 aromatic carbocycles. The van der Waals surface area contributed by atoms with Crippen molar-refractivity contribution in [2.45, 2.75) is 32.4 Å². The summed E-state index contributed by atoms with van der Waals surface area (Å²) in [5.41, 5.74) is 4.36. The molecule has 29 heavy (non-hydrogen) atoms. The Morgan fingerprint density at radius 2 is 1.90 bits per heavy atom. The maximum absolute atomic E-state index is 13.1. The molecular formula is C24H26N3O2+. The molecule has 2 heterocycles. The summed E-state index contributed by atoms with van der Waals surface area (Å²) in [6.45, 7) is 4.50. The van der Waals surface area contributed by atoms with E-state index in [4.69, 9.17) is 9.52 Å². The van der Waals surface area contributed by atoms with Crippen molar-refractivity contribution in [2.24, 2.45) is 5.10 Å². The van der Waals surface area contributed by atoms with E-state index in [1.54, 1.807) is 11.3 Å². The van der Waals surface area contributed by atoms with Crippen molar-refractivity contribution >= 4 is 11.6 Å². The van der Waals surface area contributed by atoms with Gasteiger partial charge in [0.05, 0.1) is 12.0 Å². The summed E-state index contributed by atoms with van der Waals surface area (Å²) < 4.78 is 5.62. The van der Waals surface area contributed by atoms with E-state index in [1.807, 2.05) is 30.3 Å². The lowest BCUT2D eigenvalue weighted by Crippen LogP contribution is -2.86. The summed E-state index contributed by atoms with van der Waals surface area (Å²) in [4.78, 5) is 13.1. The van der Waals surface area contributed by atoms with Gasteiger partial charge in [-0.3, -0.25) is 4.79 Å². The second-order valence-electron chi connectivity index (χ2n) is 7.53. The molecule has 5 nitrogen and oxygen atoms in total. The molecule has 1 aliphatic heterocycles. The van der Waals surface area contributed by atoms with Gasteiger partial charge in [-0.15, -0.1) is 0 Å². The monoisotopic (exact) mass is 388 g/mol. The van der Waals surface area contributed by atoms with Crippen molar-refractivity contribution in [1.29, 1.82) is 0 Å². The van der Waals surface area contributed by atoms with E-state index < -0.39 is 0 Å². The van der Waals surface area contributed by atoms with Crippen molar-refractivity contribution < 1.29 is 14.5 Å². The minimum absolute atomic E-state index is 0.0173. The van der Waals surface area contributed by atoms with Gasteiger partial charge < -0.3 is 9.73 Å². The van der Waals surface area contributed by atoms with E-state index in [0.717, 1.165) is 17.0 Å². The van der Waals surface area contributed by atoms with Gasteiger partial charge in [-0.2, -0.15) is 5.10 Å². The van der Waals surface area contributed by atoms with Gasteiger partial charge in [0.1, 0.15) is 17.8 Å². The minimum atomic E-state index is -0.200. The maximum Gasteiger partial charge on any atom is 0.298 e. The van der Waals surface area contributed by atoms with E-state index >= 15 is 0 Å². The normalized spacial score (nSPS) is 17.2. The van der Waals surface area contributed by atoms with Gasteiger partial charge in [0.15, 0.2) is 6.54 Å². The predicted octanol–water partition coefficient (Wildman–Crippen LogP) is 3.59. The van der Waals surface area contributed by atoms with E-state index in [-0.39, 0.29) is 18.0 Å². The van der Waals surface area contributed by atoms with Crippen LogP contribution in [0.25, 0.3) is 0 Å². The van der Waals surface area contributed by atoms with Gasteiger partial charge in [-0.05, 0) is 31.5 Å². The molecule has 0 fully saturated rings. The van der Waals surface area contributed by atoms with E-state index in [2.05, 4.69) is 55.6 Å². The first-order valence-electron chi connectivity index (χ1n) is 10.00. The number of carbonyl (C=O) groups excluding carboxylic acids is 1. The average Bonchev–Trinajstić information content (AvgIpc) is 3.43. The molecule has 0 saturated carbocycles. The number of carbonyl (C=O) groups is 1.